The number of carboxylic acid groups (broad SMARTS) is 1. The quantitative estimate of drug-likeness (QED) is 0.378. The Morgan fingerprint density at radius 3 is 2.10 bits per heavy atom. The summed E-state index contributed by atoms with van der Waals surface area (Å²) in [7, 11) is 0. The van der Waals surface area contributed by atoms with E-state index >= 15 is 0 Å². The average molecular weight is 319 g/mol. The Balaban J connectivity index is 3.22. The van der Waals surface area contributed by atoms with Crippen LogP contribution in [-0.4, -0.2) is 41.7 Å². The molecular formula is C15H29NO4S. The van der Waals surface area contributed by atoms with E-state index in [9.17, 15) is 9.59 Å². The van der Waals surface area contributed by atoms with Gasteiger partial charge in [-0.2, -0.15) is 11.8 Å². The fraction of sp³-hybridized carbons (Fsp3) is 0.867. The minimum absolute atomic E-state index is 0.282. The van der Waals surface area contributed by atoms with Crippen LogP contribution >= 0.6 is 11.8 Å². The van der Waals surface area contributed by atoms with Gasteiger partial charge in [0.15, 0.2) is 0 Å². The molecule has 3 N–H and O–H groups in total. The minimum Gasteiger partial charge on any atom is -0.481 e. The maximum Gasteiger partial charge on any atom is 0.323 e. The maximum absolute atomic E-state index is 11.4. The van der Waals surface area contributed by atoms with Crippen molar-refractivity contribution < 1.29 is 19.4 Å². The molecule has 0 aliphatic rings. The molecule has 0 aliphatic heterocycles. The highest BCUT2D eigenvalue weighted by Gasteiger charge is 2.13. The first-order valence-corrected chi connectivity index (χ1v) is 9.10. The SMILES string of the molecule is CSC[C@H](N)C(=O)OCCCCCCCCCCC(=O)O. The summed E-state index contributed by atoms with van der Waals surface area (Å²) in [6, 6.07) is -0.509. The normalized spacial score (nSPS) is 12.1. The van der Waals surface area contributed by atoms with Gasteiger partial charge in [-0.25, -0.2) is 0 Å². The summed E-state index contributed by atoms with van der Waals surface area (Å²) in [5, 5.41) is 8.49. The van der Waals surface area contributed by atoms with Crippen molar-refractivity contribution in [2.45, 2.75) is 63.8 Å². The molecule has 0 saturated heterocycles. The molecule has 0 spiro atoms. The summed E-state index contributed by atoms with van der Waals surface area (Å²) in [6.45, 7) is 0.458. The van der Waals surface area contributed by atoms with Crippen LogP contribution in [0.3, 0.4) is 0 Å². The number of carbonyl (C=O) groups excluding carboxylic acids is 1. The highest BCUT2D eigenvalue weighted by Crippen LogP contribution is 2.10. The topological polar surface area (TPSA) is 89.6 Å². The fourth-order valence-corrected chi connectivity index (χ4v) is 2.46. The van der Waals surface area contributed by atoms with Crippen LogP contribution in [0, 0.1) is 0 Å². The number of thioether (sulfide) groups is 1. The first kappa shape index (κ1) is 20.2. The molecule has 21 heavy (non-hydrogen) atoms. The molecule has 0 rings (SSSR count). The number of carbonyl (C=O) groups is 2. The van der Waals surface area contributed by atoms with Gasteiger partial charge in [0.2, 0.25) is 0 Å². The number of esters is 1. The Hall–Kier alpha value is -0.750. The zero-order valence-electron chi connectivity index (χ0n) is 13.0. The van der Waals surface area contributed by atoms with Gasteiger partial charge in [0.25, 0.3) is 0 Å². The van der Waals surface area contributed by atoms with Crippen LogP contribution in [0.4, 0.5) is 0 Å². The van der Waals surface area contributed by atoms with Crippen molar-refractivity contribution in [3.63, 3.8) is 0 Å². The standard InChI is InChI=1S/C15H29NO4S/c1-21-12-13(16)15(19)20-11-9-7-5-3-2-4-6-8-10-14(17)18/h13H,2-12,16H2,1H3,(H,17,18)/t13-/m0/s1. The number of nitrogens with two attached hydrogens (primary N) is 1. The molecular weight excluding hydrogens is 290 g/mol. The molecule has 0 fully saturated rings. The lowest BCUT2D eigenvalue weighted by Gasteiger charge is -2.09. The van der Waals surface area contributed by atoms with E-state index in [0.717, 1.165) is 51.4 Å². The molecule has 1 atom stereocenters. The van der Waals surface area contributed by atoms with E-state index in [1.54, 1.807) is 0 Å². The minimum atomic E-state index is -0.707. The Labute approximate surface area is 132 Å². The van der Waals surface area contributed by atoms with E-state index < -0.39 is 12.0 Å². The summed E-state index contributed by atoms with van der Waals surface area (Å²) < 4.78 is 5.11. The van der Waals surface area contributed by atoms with Gasteiger partial charge in [-0.05, 0) is 19.1 Å². The van der Waals surface area contributed by atoms with E-state index in [4.69, 9.17) is 15.6 Å². The fourth-order valence-electron chi connectivity index (χ4n) is 1.97. The van der Waals surface area contributed by atoms with Crippen LogP contribution in [0.2, 0.25) is 0 Å². The predicted molar refractivity (Wildman–Crippen MR) is 86.5 cm³/mol. The van der Waals surface area contributed by atoms with E-state index in [-0.39, 0.29) is 12.4 Å². The third kappa shape index (κ3) is 14.0. The third-order valence-corrected chi connectivity index (χ3v) is 3.87. The van der Waals surface area contributed by atoms with E-state index in [0.29, 0.717) is 12.4 Å². The van der Waals surface area contributed by atoms with Crippen molar-refractivity contribution >= 4 is 23.7 Å². The lowest BCUT2D eigenvalue weighted by atomic mass is 10.1. The van der Waals surface area contributed by atoms with Crippen LogP contribution in [0.1, 0.15) is 57.8 Å². The van der Waals surface area contributed by atoms with Crippen LogP contribution in [-0.2, 0) is 14.3 Å². The van der Waals surface area contributed by atoms with Gasteiger partial charge in [-0.3, -0.25) is 9.59 Å². The Morgan fingerprint density at radius 1 is 1.05 bits per heavy atom. The van der Waals surface area contributed by atoms with Crippen LogP contribution in [0.25, 0.3) is 0 Å². The lowest BCUT2D eigenvalue weighted by molar-refractivity contribution is -0.144. The highest BCUT2D eigenvalue weighted by atomic mass is 32.2. The number of hydrogen-bond acceptors (Lipinski definition) is 5. The maximum atomic E-state index is 11.4. The van der Waals surface area contributed by atoms with E-state index in [1.807, 2.05) is 6.26 Å². The van der Waals surface area contributed by atoms with Gasteiger partial charge in [-0.1, -0.05) is 38.5 Å². The second-order valence-corrected chi connectivity index (χ2v) is 6.11. The van der Waals surface area contributed by atoms with E-state index in [1.165, 1.54) is 11.8 Å². The summed E-state index contributed by atoms with van der Waals surface area (Å²) >= 11 is 1.54. The van der Waals surface area contributed by atoms with Gasteiger partial charge in [-0.15, -0.1) is 0 Å². The number of rotatable bonds is 14. The Kier molecular flexibility index (Phi) is 13.7. The molecule has 5 nitrogen and oxygen atoms in total. The van der Waals surface area contributed by atoms with Crippen LogP contribution in [0.5, 0.6) is 0 Å². The van der Waals surface area contributed by atoms with Crippen molar-refractivity contribution in [1.82, 2.24) is 0 Å². The number of hydrogen-bond donors (Lipinski definition) is 2. The number of carboxylic acids is 1. The summed E-state index contributed by atoms with van der Waals surface area (Å²) in [6.07, 6.45) is 10.5. The third-order valence-electron chi connectivity index (χ3n) is 3.18. The van der Waals surface area contributed by atoms with Gasteiger partial charge in [0, 0.05) is 12.2 Å². The van der Waals surface area contributed by atoms with Gasteiger partial charge in [0.05, 0.1) is 6.61 Å². The molecule has 0 aromatic rings. The number of aliphatic carboxylic acids is 1. The van der Waals surface area contributed by atoms with Crippen LogP contribution < -0.4 is 5.73 Å². The summed E-state index contributed by atoms with van der Waals surface area (Å²) in [4.78, 5) is 21.7. The molecule has 0 radical (unpaired) electrons. The molecule has 0 saturated carbocycles. The van der Waals surface area contributed by atoms with Crippen molar-refractivity contribution in [3.05, 3.63) is 0 Å². The molecule has 0 bridgehead atoms. The Morgan fingerprint density at radius 2 is 1.57 bits per heavy atom. The first-order chi connectivity index (χ1) is 10.1. The van der Waals surface area contributed by atoms with Gasteiger partial charge >= 0.3 is 11.9 Å². The largest absolute Gasteiger partial charge is 0.481 e. The number of unbranched alkanes of at least 4 members (excludes halogenated alkanes) is 7. The average Bonchev–Trinajstić information content (AvgIpc) is 2.44. The Bertz CT molecular complexity index is 287. The monoisotopic (exact) mass is 319 g/mol. The smallest absolute Gasteiger partial charge is 0.323 e. The molecule has 0 aliphatic carbocycles. The molecule has 0 unspecified atom stereocenters. The molecule has 0 aromatic carbocycles. The molecule has 6 heteroatoms. The molecule has 124 valence electrons. The molecule has 0 aromatic heterocycles. The first-order valence-electron chi connectivity index (χ1n) is 7.71. The summed E-state index contributed by atoms with van der Waals surface area (Å²) in [5.41, 5.74) is 5.63. The molecule has 0 heterocycles. The lowest BCUT2D eigenvalue weighted by Crippen LogP contribution is -2.34. The van der Waals surface area contributed by atoms with Crippen molar-refractivity contribution in [2.75, 3.05) is 18.6 Å². The second-order valence-electron chi connectivity index (χ2n) is 5.20. The second kappa shape index (κ2) is 14.2. The number of ether oxygens (including phenoxy) is 1. The van der Waals surface area contributed by atoms with Crippen molar-refractivity contribution in [2.24, 2.45) is 5.73 Å². The van der Waals surface area contributed by atoms with E-state index in [2.05, 4.69) is 0 Å². The van der Waals surface area contributed by atoms with Gasteiger partial charge in [0.1, 0.15) is 6.04 Å². The zero-order valence-corrected chi connectivity index (χ0v) is 13.8. The predicted octanol–water partition coefficient (Wildman–Crippen LogP) is 2.82. The molecule has 0 amide bonds. The van der Waals surface area contributed by atoms with Crippen LogP contribution in [0.15, 0.2) is 0 Å². The van der Waals surface area contributed by atoms with Crippen molar-refractivity contribution in [1.29, 1.82) is 0 Å². The highest BCUT2D eigenvalue weighted by molar-refractivity contribution is 7.98. The van der Waals surface area contributed by atoms with Crippen molar-refractivity contribution in [3.8, 4) is 0 Å². The van der Waals surface area contributed by atoms with Gasteiger partial charge < -0.3 is 15.6 Å². The zero-order chi connectivity index (χ0) is 15.9. The summed E-state index contributed by atoms with van der Waals surface area (Å²) in [5.74, 6) is -0.412.